The first-order valence-corrected chi connectivity index (χ1v) is 10.5. The summed E-state index contributed by atoms with van der Waals surface area (Å²) < 4.78 is 43.4. The lowest BCUT2D eigenvalue weighted by Gasteiger charge is -2.14. The second kappa shape index (κ2) is 10.5. The normalized spacial score (nSPS) is 15.1. The number of oxime groups is 1. The molecule has 2 aromatic carbocycles. The summed E-state index contributed by atoms with van der Waals surface area (Å²) in [6.45, 7) is 1.47. The number of alkyl halides is 3. The molecule has 0 radical (unpaired) electrons. The van der Waals surface area contributed by atoms with E-state index in [4.69, 9.17) is 14.7 Å². The molecule has 8 heteroatoms. The largest absolute Gasteiger partial charge is 0.482 e. The van der Waals surface area contributed by atoms with E-state index in [0.29, 0.717) is 17.2 Å². The number of carboxylic acid groups (broad SMARTS) is 1. The van der Waals surface area contributed by atoms with E-state index in [1.54, 1.807) is 6.07 Å². The van der Waals surface area contributed by atoms with Crippen LogP contribution in [0.15, 0.2) is 47.6 Å². The van der Waals surface area contributed by atoms with Crippen LogP contribution < -0.4 is 4.74 Å². The zero-order chi connectivity index (χ0) is 23.1. The van der Waals surface area contributed by atoms with Crippen LogP contribution in [0.3, 0.4) is 0 Å². The Kier molecular flexibility index (Phi) is 7.77. The number of aryl methyl sites for hydroxylation is 1. The number of rotatable bonds is 9. The third-order valence-electron chi connectivity index (χ3n) is 5.50. The number of benzene rings is 2. The van der Waals surface area contributed by atoms with Crippen LogP contribution in [0.4, 0.5) is 13.2 Å². The Morgan fingerprint density at radius 2 is 1.81 bits per heavy atom. The maximum atomic E-state index is 12.7. The Bertz CT molecular complexity index is 949. The lowest BCUT2D eigenvalue weighted by Crippen LogP contribution is -2.11. The Labute approximate surface area is 184 Å². The van der Waals surface area contributed by atoms with Crippen molar-refractivity contribution in [2.45, 2.75) is 51.8 Å². The summed E-state index contributed by atoms with van der Waals surface area (Å²) >= 11 is 0. The van der Waals surface area contributed by atoms with Crippen LogP contribution in [0.5, 0.6) is 5.75 Å². The molecule has 0 spiro atoms. The van der Waals surface area contributed by atoms with Gasteiger partial charge < -0.3 is 14.7 Å². The molecule has 1 saturated carbocycles. The van der Waals surface area contributed by atoms with Crippen molar-refractivity contribution in [3.05, 3.63) is 64.7 Å². The van der Waals surface area contributed by atoms with Crippen molar-refractivity contribution in [3.8, 4) is 5.75 Å². The number of carbonyl (C=O) groups is 1. The van der Waals surface area contributed by atoms with Crippen LogP contribution in [0.1, 0.15) is 54.4 Å². The molecule has 1 fully saturated rings. The van der Waals surface area contributed by atoms with Gasteiger partial charge in [-0.25, -0.2) is 4.79 Å². The molecule has 172 valence electrons. The van der Waals surface area contributed by atoms with Gasteiger partial charge in [0.15, 0.2) is 6.61 Å². The number of carboxylic acids is 1. The highest BCUT2D eigenvalue weighted by molar-refractivity contribution is 6.00. The molecule has 0 aliphatic heterocycles. The van der Waals surface area contributed by atoms with Crippen LogP contribution in [-0.4, -0.2) is 23.4 Å². The maximum absolute atomic E-state index is 12.7. The first-order valence-electron chi connectivity index (χ1n) is 10.5. The van der Waals surface area contributed by atoms with Gasteiger partial charge in [0.05, 0.1) is 11.3 Å². The highest BCUT2D eigenvalue weighted by atomic mass is 19.4. The van der Waals surface area contributed by atoms with E-state index in [1.807, 2.05) is 19.1 Å². The van der Waals surface area contributed by atoms with Crippen LogP contribution in [0.2, 0.25) is 0 Å². The fraction of sp³-hybridized carbons (Fsp3) is 0.417. The fourth-order valence-electron chi connectivity index (χ4n) is 3.80. The molecule has 1 aliphatic carbocycles. The van der Waals surface area contributed by atoms with E-state index >= 15 is 0 Å². The van der Waals surface area contributed by atoms with Gasteiger partial charge in [0, 0.05) is 0 Å². The van der Waals surface area contributed by atoms with E-state index in [-0.39, 0.29) is 6.61 Å². The zero-order valence-corrected chi connectivity index (χ0v) is 17.8. The molecule has 0 heterocycles. The predicted molar refractivity (Wildman–Crippen MR) is 114 cm³/mol. The molecule has 0 unspecified atom stereocenters. The standard InChI is InChI=1S/C24H26F3NO4/c1-16-12-19(8-11-22(16)31-15-23(29)30)21(13-17-4-2-3-5-17)28-32-14-18-6-9-20(10-7-18)24(25,26)27/h6-12,17H,2-5,13-15H2,1H3,(H,29,30). The topological polar surface area (TPSA) is 68.1 Å². The van der Waals surface area contributed by atoms with Crippen LogP contribution in [0, 0.1) is 12.8 Å². The Balaban J connectivity index is 1.72. The predicted octanol–water partition coefficient (Wildman–Crippen LogP) is 5.98. The molecule has 2 aromatic rings. The van der Waals surface area contributed by atoms with Crippen LogP contribution >= 0.6 is 0 Å². The average Bonchev–Trinajstić information content (AvgIpc) is 3.25. The zero-order valence-electron chi connectivity index (χ0n) is 17.8. The second-order valence-corrected chi connectivity index (χ2v) is 8.02. The van der Waals surface area contributed by atoms with Crippen molar-refractivity contribution in [1.82, 2.24) is 0 Å². The van der Waals surface area contributed by atoms with Gasteiger partial charge in [-0.15, -0.1) is 0 Å². The summed E-state index contributed by atoms with van der Waals surface area (Å²) in [6, 6.07) is 10.2. The minimum Gasteiger partial charge on any atom is -0.482 e. The lowest BCUT2D eigenvalue weighted by molar-refractivity contribution is -0.139. The Hall–Kier alpha value is -3.03. The summed E-state index contributed by atoms with van der Waals surface area (Å²) in [5.41, 5.74) is 2.29. The molecular formula is C24H26F3NO4. The van der Waals surface area contributed by atoms with E-state index in [1.165, 1.54) is 25.0 Å². The molecule has 1 N–H and O–H groups in total. The van der Waals surface area contributed by atoms with E-state index in [0.717, 1.165) is 48.2 Å². The monoisotopic (exact) mass is 449 g/mol. The Morgan fingerprint density at radius 3 is 2.41 bits per heavy atom. The molecule has 32 heavy (non-hydrogen) atoms. The van der Waals surface area contributed by atoms with Crippen molar-refractivity contribution in [2.75, 3.05) is 6.61 Å². The summed E-state index contributed by atoms with van der Waals surface area (Å²) in [4.78, 5) is 16.3. The van der Waals surface area contributed by atoms with Gasteiger partial charge in [0.2, 0.25) is 0 Å². The minimum atomic E-state index is -4.37. The van der Waals surface area contributed by atoms with Crippen molar-refractivity contribution in [2.24, 2.45) is 11.1 Å². The van der Waals surface area contributed by atoms with Crippen LogP contribution in [0.25, 0.3) is 0 Å². The highest BCUT2D eigenvalue weighted by Crippen LogP contribution is 2.31. The quantitative estimate of drug-likeness (QED) is 0.378. The second-order valence-electron chi connectivity index (χ2n) is 8.02. The van der Waals surface area contributed by atoms with Gasteiger partial charge in [0.1, 0.15) is 12.4 Å². The van der Waals surface area contributed by atoms with Gasteiger partial charge in [-0.1, -0.05) is 43.0 Å². The summed E-state index contributed by atoms with van der Waals surface area (Å²) in [7, 11) is 0. The lowest BCUT2D eigenvalue weighted by atomic mass is 9.95. The first kappa shape index (κ1) is 23.6. The molecule has 5 nitrogen and oxygen atoms in total. The molecule has 0 atom stereocenters. The van der Waals surface area contributed by atoms with E-state index < -0.39 is 24.3 Å². The molecule has 1 aliphatic rings. The van der Waals surface area contributed by atoms with Crippen LogP contribution in [-0.2, 0) is 22.4 Å². The highest BCUT2D eigenvalue weighted by Gasteiger charge is 2.29. The number of ether oxygens (including phenoxy) is 1. The SMILES string of the molecule is Cc1cc(C(CC2CCCC2)=NOCc2ccc(C(F)(F)F)cc2)ccc1OCC(=O)O. The number of aliphatic carboxylic acids is 1. The van der Waals surface area contributed by atoms with Gasteiger partial charge in [-0.2, -0.15) is 13.2 Å². The van der Waals surface area contributed by atoms with Crippen molar-refractivity contribution in [1.29, 1.82) is 0 Å². The smallest absolute Gasteiger partial charge is 0.416 e. The number of hydrogen-bond acceptors (Lipinski definition) is 4. The number of hydrogen-bond donors (Lipinski definition) is 1. The number of nitrogens with zero attached hydrogens (tertiary/aromatic N) is 1. The maximum Gasteiger partial charge on any atom is 0.416 e. The summed E-state index contributed by atoms with van der Waals surface area (Å²) in [5, 5.41) is 13.1. The van der Waals surface area contributed by atoms with Gasteiger partial charge in [0.25, 0.3) is 0 Å². The van der Waals surface area contributed by atoms with Gasteiger partial charge >= 0.3 is 12.1 Å². The molecule has 0 aromatic heterocycles. The van der Waals surface area contributed by atoms with Gasteiger partial charge in [-0.3, -0.25) is 0 Å². The average molecular weight is 449 g/mol. The summed E-state index contributed by atoms with van der Waals surface area (Å²) in [6.07, 6.45) is 0.982. The third kappa shape index (κ3) is 6.73. The van der Waals surface area contributed by atoms with E-state index in [2.05, 4.69) is 5.16 Å². The fourth-order valence-corrected chi connectivity index (χ4v) is 3.80. The molecule has 0 saturated heterocycles. The molecule has 0 amide bonds. The molecular weight excluding hydrogens is 423 g/mol. The minimum absolute atomic E-state index is 0.0606. The first-order chi connectivity index (χ1) is 15.2. The number of halogens is 3. The molecule has 0 bridgehead atoms. The van der Waals surface area contributed by atoms with Crippen molar-refractivity contribution < 1.29 is 32.6 Å². The Morgan fingerprint density at radius 1 is 1.12 bits per heavy atom. The third-order valence-corrected chi connectivity index (χ3v) is 5.50. The van der Waals surface area contributed by atoms with Crippen molar-refractivity contribution in [3.63, 3.8) is 0 Å². The molecule has 3 rings (SSSR count). The van der Waals surface area contributed by atoms with Crippen molar-refractivity contribution >= 4 is 11.7 Å². The van der Waals surface area contributed by atoms with E-state index in [9.17, 15) is 18.0 Å². The van der Waals surface area contributed by atoms with Gasteiger partial charge in [-0.05, 0) is 66.3 Å². The summed E-state index contributed by atoms with van der Waals surface area (Å²) in [5.74, 6) is -0.0534.